The molecular formula is C16H24N2O3. The number of carbonyl (C=O) groups excluding carboxylic acids is 1. The van der Waals surface area contributed by atoms with E-state index < -0.39 is 0 Å². The number of amides is 1. The van der Waals surface area contributed by atoms with Crippen LogP contribution in [0.4, 0.5) is 0 Å². The van der Waals surface area contributed by atoms with E-state index in [-0.39, 0.29) is 24.2 Å². The van der Waals surface area contributed by atoms with Crippen molar-refractivity contribution in [3.05, 3.63) is 29.8 Å². The smallest absolute Gasteiger partial charge is 0.249 e. The van der Waals surface area contributed by atoms with Gasteiger partial charge in [-0.05, 0) is 44.4 Å². The summed E-state index contributed by atoms with van der Waals surface area (Å²) in [6.45, 7) is 5.00. The van der Waals surface area contributed by atoms with Crippen LogP contribution in [0.2, 0.25) is 0 Å². The van der Waals surface area contributed by atoms with Crippen LogP contribution in [0.1, 0.15) is 38.3 Å². The fourth-order valence-electron chi connectivity index (χ4n) is 2.50. The second-order valence-corrected chi connectivity index (χ2v) is 5.30. The molecule has 2 rings (SSSR count). The zero-order valence-corrected chi connectivity index (χ0v) is 12.7. The molecule has 5 nitrogen and oxygen atoms in total. The van der Waals surface area contributed by atoms with E-state index in [4.69, 9.17) is 15.2 Å². The average Bonchev–Trinajstić information content (AvgIpc) is 2.97. The first-order valence-electron chi connectivity index (χ1n) is 7.52. The van der Waals surface area contributed by atoms with Crippen molar-refractivity contribution in [3.63, 3.8) is 0 Å². The van der Waals surface area contributed by atoms with Gasteiger partial charge in [0.2, 0.25) is 5.91 Å². The van der Waals surface area contributed by atoms with Crippen LogP contribution >= 0.6 is 0 Å². The van der Waals surface area contributed by atoms with Crippen LogP contribution in [0.3, 0.4) is 0 Å². The fourth-order valence-corrected chi connectivity index (χ4v) is 2.50. The molecule has 0 aliphatic carbocycles. The molecule has 1 heterocycles. The molecular weight excluding hydrogens is 268 g/mol. The van der Waals surface area contributed by atoms with Gasteiger partial charge in [-0.2, -0.15) is 0 Å². The van der Waals surface area contributed by atoms with Gasteiger partial charge in [0, 0.05) is 6.54 Å². The summed E-state index contributed by atoms with van der Waals surface area (Å²) in [4.78, 5) is 12.2. The maximum atomic E-state index is 12.2. The third kappa shape index (κ3) is 4.19. The topological polar surface area (TPSA) is 73.6 Å². The maximum absolute atomic E-state index is 12.2. The molecule has 0 aromatic heterocycles. The minimum atomic E-state index is -0.379. The molecule has 0 saturated carbocycles. The van der Waals surface area contributed by atoms with Crippen molar-refractivity contribution in [1.29, 1.82) is 0 Å². The summed E-state index contributed by atoms with van der Waals surface area (Å²) in [5, 5.41) is 2.99. The van der Waals surface area contributed by atoms with Crippen LogP contribution in [0, 0.1) is 0 Å². The summed E-state index contributed by atoms with van der Waals surface area (Å²) in [6, 6.07) is 7.68. The van der Waals surface area contributed by atoms with Crippen LogP contribution in [-0.4, -0.2) is 31.3 Å². The summed E-state index contributed by atoms with van der Waals surface area (Å²) >= 11 is 0. The molecule has 1 saturated heterocycles. The predicted molar refractivity (Wildman–Crippen MR) is 81.1 cm³/mol. The summed E-state index contributed by atoms with van der Waals surface area (Å²) < 4.78 is 11.1. The molecule has 1 unspecified atom stereocenters. The molecule has 21 heavy (non-hydrogen) atoms. The maximum Gasteiger partial charge on any atom is 0.249 e. The Morgan fingerprint density at radius 2 is 2.33 bits per heavy atom. The van der Waals surface area contributed by atoms with E-state index in [1.807, 2.05) is 38.1 Å². The lowest BCUT2D eigenvalue weighted by Gasteiger charge is -2.18. The van der Waals surface area contributed by atoms with Gasteiger partial charge < -0.3 is 20.5 Å². The molecule has 5 heteroatoms. The second kappa shape index (κ2) is 7.43. The monoisotopic (exact) mass is 292 g/mol. The first-order chi connectivity index (χ1) is 10.1. The molecule has 1 fully saturated rings. The highest BCUT2D eigenvalue weighted by atomic mass is 16.5. The first kappa shape index (κ1) is 15.8. The molecule has 116 valence electrons. The molecule has 1 aromatic carbocycles. The Bertz CT molecular complexity index is 478. The van der Waals surface area contributed by atoms with E-state index in [0.717, 1.165) is 24.2 Å². The molecule has 1 amide bonds. The van der Waals surface area contributed by atoms with Gasteiger partial charge in [0.1, 0.15) is 11.9 Å². The SMILES string of the molecule is CCOc1cccc(C(C)NC(=O)[C@@H]2CC[C@H](CN)O2)c1. The number of nitrogens with one attached hydrogen (secondary N) is 1. The quantitative estimate of drug-likeness (QED) is 0.838. The van der Waals surface area contributed by atoms with Crippen molar-refractivity contribution < 1.29 is 14.3 Å². The van der Waals surface area contributed by atoms with Crippen molar-refractivity contribution in [3.8, 4) is 5.75 Å². The number of benzene rings is 1. The van der Waals surface area contributed by atoms with Gasteiger partial charge in [0.15, 0.2) is 0 Å². The lowest BCUT2D eigenvalue weighted by molar-refractivity contribution is -0.132. The highest BCUT2D eigenvalue weighted by Crippen LogP contribution is 2.22. The standard InChI is InChI=1S/C16H24N2O3/c1-3-20-13-6-4-5-12(9-13)11(2)18-16(19)15-8-7-14(10-17)21-15/h4-6,9,11,14-15H,3,7-8,10,17H2,1-2H3,(H,18,19)/t11?,14-,15+/m1/s1. The summed E-state index contributed by atoms with van der Waals surface area (Å²) in [7, 11) is 0. The van der Waals surface area contributed by atoms with Gasteiger partial charge >= 0.3 is 0 Å². The molecule has 1 aliphatic rings. The molecule has 0 spiro atoms. The van der Waals surface area contributed by atoms with Gasteiger partial charge in [-0.15, -0.1) is 0 Å². The number of rotatable bonds is 6. The zero-order chi connectivity index (χ0) is 15.2. The predicted octanol–water partition coefficient (Wildman–Crippen LogP) is 1.77. The third-order valence-corrected chi connectivity index (χ3v) is 3.69. The Balaban J connectivity index is 1.93. The Labute approximate surface area is 125 Å². The third-order valence-electron chi connectivity index (χ3n) is 3.69. The van der Waals surface area contributed by atoms with E-state index in [1.54, 1.807) is 0 Å². The van der Waals surface area contributed by atoms with Crippen molar-refractivity contribution in [2.45, 2.75) is 44.9 Å². The zero-order valence-electron chi connectivity index (χ0n) is 12.7. The first-order valence-corrected chi connectivity index (χ1v) is 7.52. The number of nitrogens with two attached hydrogens (primary N) is 1. The van der Waals surface area contributed by atoms with Crippen LogP contribution in [0.5, 0.6) is 5.75 Å². The van der Waals surface area contributed by atoms with Crippen molar-refractivity contribution >= 4 is 5.91 Å². The van der Waals surface area contributed by atoms with Gasteiger partial charge in [-0.1, -0.05) is 12.1 Å². The Morgan fingerprint density at radius 1 is 1.52 bits per heavy atom. The molecule has 0 bridgehead atoms. The summed E-state index contributed by atoms with van der Waals surface area (Å²) in [5.74, 6) is 0.747. The Hall–Kier alpha value is -1.59. The van der Waals surface area contributed by atoms with Gasteiger partial charge in [0.25, 0.3) is 0 Å². The molecule has 3 N–H and O–H groups in total. The average molecular weight is 292 g/mol. The van der Waals surface area contributed by atoms with Crippen molar-refractivity contribution in [2.75, 3.05) is 13.2 Å². The van der Waals surface area contributed by atoms with E-state index in [1.165, 1.54) is 0 Å². The number of ether oxygens (including phenoxy) is 2. The molecule has 1 aromatic rings. The second-order valence-electron chi connectivity index (χ2n) is 5.30. The van der Waals surface area contributed by atoms with Crippen LogP contribution in [0.15, 0.2) is 24.3 Å². The van der Waals surface area contributed by atoms with Crippen LogP contribution < -0.4 is 15.8 Å². The highest BCUT2D eigenvalue weighted by Gasteiger charge is 2.30. The lowest BCUT2D eigenvalue weighted by Crippen LogP contribution is -2.37. The van der Waals surface area contributed by atoms with E-state index in [0.29, 0.717) is 13.2 Å². The van der Waals surface area contributed by atoms with Gasteiger partial charge in [-0.3, -0.25) is 4.79 Å². The molecule has 3 atom stereocenters. The fraction of sp³-hybridized carbons (Fsp3) is 0.562. The number of carbonyl (C=O) groups is 1. The minimum Gasteiger partial charge on any atom is -0.494 e. The van der Waals surface area contributed by atoms with Gasteiger partial charge in [0.05, 0.1) is 18.8 Å². The van der Waals surface area contributed by atoms with E-state index in [2.05, 4.69) is 5.32 Å². The minimum absolute atomic E-state index is 0.0114. The largest absolute Gasteiger partial charge is 0.494 e. The van der Waals surface area contributed by atoms with Crippen molar-refractivity contribution in [1.82, 2.24) is 5.32 Å². The van der Waals surface area contributed by atoms with Gasteiger partial charge in [-0.25, -0.2) is 0 Å². The van der Waals surface area contributed by atoms with Crippen LogP contribution in [-0.2, 0) is 9.53 Å². The van der Waals surface area contributed by atoms with Crippen molar-refractivity contribution in [2.24, 2.45) is 5.73 Å². The Kier molecular flexibility index (Phi) is 5.59. The summed E-state index contributed by atoms with van der Waals surface area (Å²) in [6.07, 6.45) is 1.22. The summed E-state index contributed by atoms with van der Waals surface area (Å²) in [5.41, 5.74) is 6.58. The molecule has 1 aliphatic heterocycles. The number of hydrogen-bond donors (Lipinski definition) is 2. The lowest BCUT2D eigenvalue weighted by atomic mass is 10.1. The Morgan fingerprint density at radius 3 is 3.00 bits per heavy atom. The number of hydrogen-bond acceptors (Lipinski definition) is 4. The van der Waals surface area contributed by atoms with Crippen LogP contribution in [0.25, 0.3) is 0 Å². The normalized spacial score (nSPS) is 22.8. The van der Waals surface area contributed by atoms with E-state index in [9.17, 15) is 4.79 Å². The van der Waals surface area contributed by atoms with E-state index >= 15 is 0 Å². The molecule has 0 radical (unpaired) electrons. The highest BCUT2D eigenvalue weighted by molar-refractivity contribution is 5.81.